The highest BCUT2D eigenvalue weighted by molar-refractivity contribution is 5.98. The Morgan fingerprint density at radius 2 is 1.94 bits per heavy atom. The number of benzene rings is 1. The summed E-state index contributed by atoms with van der Waals surface area (Å²) in [6, 6.07) is 7.11. The van der Waals surface area contributed by atoms with Crippen molar-refractivity contribution in [2.24, 2.45) is 0 Å². The highest BCUT2D eigenvalue weighted by atomic mass is 16.5. The van der Waals surface area contributed by atoms with Crippen LogP contribution >= 0.6 is 0 Å². The monoisotopic (exact) mass is 235 g/mol. The summed E-state index contributed by atoms with van der Waals surface area (Å²) < 4.78 is 5.11. The van der Waals surface area contributed by atoms with Gasteiger partial charge >= 0.3 is 0 Å². The zero-order chi connectivity index (χ0) is 12.7. The van der Waals surface area contributed by atoms with Gasteiger partial charge in [-0.3, -0.25) is 9.59 Å². The van der Waals surface area contributed by atoms with E-state index in [4.69, 9.17) is 4.74 Å². The van der Waals surface area contributed by atoms with Crippen LogP contribution in [0.15, 0.2) is 24.3 Å². The fourth-order valence-electron chi connectivity index (χ4n) is 1.54. The third-order valence-corrected chi connectivity index (χ3v) is 2.49. The molecule has 0 heterocycles. The number of carbonyl (C=O) groups excluding carboxylic acids is 2. The number of Topliss-reactive ketones (excluding diaryl/α,β-unsaturated/α-hetero) is 1. The molecule has 0 spiro atoms. The second kappa shape index (κ2) is 6.68. The van der Waals surface area contributed by atoms with Crippen molar-refractivity contribution in [1.82, 2.24) is 5.32 Å². The Labute approximate surface area is 101 Å². The maximum absolute atomic E-state index is 11.9. The lowest BCUT2D eigenvalue weighted by atomic mass is 10.0. The Bertz CT molecular complexity index is 401. The van der Waals surface area contributed by atoms with Gasteiger partial charge in [0.1, 0.15) is 5.75 Å². The lowest BCUT2D eigenvalue weighted by Crippen LogP contribution is -2.17. The van der Waals surface area contributed by atoms with Crippen LogP contribution in [0.25, 0.3) is 0 Å². The van der Waals surface area contributed by atoms with Crippen LogP contribution in [-0.2, 0) is 4.79 Å². The van der Waals surface area contributed by atoms with Crippen LogP contribution in [0.2, 0.25) is 0 Å². The van der Waals surface area contributed by atoms with Crippen molar-refractivity contribution in [2.75, 3.05) is 14.2 Å². The quantitative estimate of drug-likeness (QED) is 0.765. The van der Waals surface area contributed by atoms with Crippen LogP contribution in [0.5, 0.6) is 5.75 Å². The molecule has 0 aromatic heterocycles. The zero-order valence-electron chi connectivity index (χ0n) is 10.2. The standard InChI is InChI=1S/C13H17NO3/c1-14-13(16)9-5-7-11(15)10-6-3-4-8-12(10)17-2/h3-4,6,8H,5,7,9H2,1-2H3,(H,14,16). The molecule has 0 aliphatic heterocycles. The van der Waals surface area contributed by atoms with Crippen molar-refractivity contribution < 1.29 is 14.3 Å². The molecule has 1 amide bonds. The summed E-state index contributed by atoms with van der Waals surface area (Å²) >= 11 is 0. The summed E-state index contributed by atoms with van der Waals surface area (Å²) in [6.07, 6.45) is 1.28. The van der Waals surface area contributed by atoms with Gasteiger partial charge < -0.3 is 10.1 Å². The number of hydrogen-bond donors (Lipinski definition) is 1. The van der Waals surface area contributed by atoms with Gasteiger partial charge in [-0.1, -0.05) is 12.1 Å². The molecule has 1 aromatic carbocycles. The molecule has 0 aliphatic rings. The molecule has 17 heavy (non-hydrogen) atoms. The summed E-state index contributed by atoms with van der Waals surface area (Å²) in [6.45, 7) is 0. The van der Waals surface area contributed by atoms with Gasteiger partial charge in [-0.05, 0) is 18.6 Å². The molecule has 0 saturated carbocycles. The van der Waals surface area contributed by atoms with E-state index < -0.39 is 0 Å². The summed E-state index contributed by atoms with van der Waals surface area (Å²) in [5.41, 5.74) is 0.576. The maximum atomic E-state index is 11.9. The van der Waals surface area contributed by atoms with Gasteiger partial charge in [-0.2, -0.15) is 0 Å². The fraction of sp³-hybridized carbons (Fsp3) is 0.385. The minimum Gasteiger partial charge on any atom is -0.496 e. The average Bonchev–Trinajstić information content (AvgIpc) is 2.38. The van der Waals surface area contributed by atoms with Crippen molar-refractivity contribution in [3.8, 4) is 5.75 Å². The molecule has 4 heteroatoms. The van der Waals surface area contributed by atoms with Crippen molar-refractivity contribution in [2.45, 2.75) is 19.3 Å². The minimum absolute atomic E-state index is 0.00588. The van der Waals surface area contributed by atoms with Crippen molar-refractivity contribution in [3.63, 3.8) is 0 Å². The third kappa shape index (κ3) is 3.90. The first-order valence-corrected chi connectivity index (χ1v) is 5.56. The van der Waals surface area contributed by atoms with Gasteiger partial charge in [-0.25, -0.2) is 0 Å². The first-order valence-electron chi connectivity index (χ1n) is 5.56. The Morgan fingerprint density at radius 3 is 2.59 bits per heavy atom. The van der Waals surface area contributed by atoms with Gasteiger partial charge in [0.15, 0.2) is 5.78 Å². The molecule has 0 fully saturated rings. The minimum atomic E-state index is -0.0437. The molecule has 1 rings (SSSR count). The number of rotatable bonds is 6. The molecule has 0 saturated heterocycles. The van der Waals surface area contributed by atoms with E-state index in [9.17, 15) is 9.59 Å². The van der Waals surface area contributed by atoms with E-state index in [2.05, 4.69) is 5.32 Å². The molecule has 1 aromatic rings. The highest BCUT2D eigenvalue weighted by Crippen LogP contribution is 2.19. The number of methoxy groups -OCH3 is 1. The summed E-state index contributed by atoms with van der Waals surface area (Å²) in [5, 5.41) is 2.53. The van der Waals surface area contributed by atoms with E-state index in [1.165, 1.54) is 7.11 Å². The predicted octanol–water partition coefficient (Wildman–Crippen LogP) is 1.79. The summed E-state index contributed by atoms with van der Waals surface area (Å²) in [5.74, 6) is 0.543. The summed E-state index contributed by atoms with van der Waals surface area (Å²) in [4.78, 5) is 22.9. The van der Waals surface area contributed by atoms with Gasteiger partial charge in [-0.15, -0.1) is 0 Å². The number of ether oxygens (including phenoxy) is 1. The van der Waals surface area contributed by atoms with Crippen molar-refractivity contribution in [1.29, 1.82) is 0 Å². The van der Waals surface area contributed by atoms with E-state index in [0.29, 0.717) is 30.6 Å². The Morgan fingerprint density at radius 1 is 1.24 bits per heavy atom. The van der Waals surface area contributed by atoms with Crippen LogP contribution in [0.4, 0.5) is 0 Å². The van der Waals surface area contributed by atoms with Crippen LogP contribution in [0.1, 0.15) is 29.6 Å². The average molecular weight is 235 g/mol. The summed E-state index contributed by atoms with van der Waals surface area (Å²) in [7, 11) is 3.13. The van der Waals surface area contributed by atoms with Gasteiger partial charge in [0.2, 0.25) is 5.91 Å². The van der Waals surface area contributed by atoms with Crippen LogP contribution in [-0.4, -0.2) is 25.8 Å². The van der Waals surface area contributed by atoms with Crippen molar-refractivity contribution in [3.05, 3.63) is 29.8 Å². The van der Waals surface area contributed by atoms with Crippen molar-refractivity contribution >= 4 is 11.7 Å². The second-order valence-electron chi connectivity index (χ2n) is 3.65. The molecule has 0 atom stereocenters. The molecular formula is C13H17NO3. The third-order valence-electron chi connectivity index (χ3n) is 2.49. The first kappa shape index (κ1) is 13.2. The number of nitrogens with one attached hydrogen (secondary N) is 1. The van der Waals surface area contributed by atoms with Gasteiger partial charge in [0.05, 0.1) is 12.7 Å². The Kier molecular flexibility index (Phi) is 5.20. The number of para-hydroxylation sites is 1. The second-order valence-corrected chi connectivity index (χ2v) is 3.65. The van der Waals surface area contributed by atoms with Crippen LogP contribution < -0.4 is 10.1 Å². The highest BCUT2D eigenvalue weighted by Gasteiger charge is 2.11. The maximum Gasteiger partial charge on any atom is 0.219 e. The Balaban J connectivity index is 2.55. The van der Waals surface area contributed by atoms with E-state index in [0.717, 1.165) is 0 Å². The smallest absolute Gasteiger partial charge is 0.219 e. The number of carbonyl (C=O) groups is 2. The molecule has 0 radical (unpaired) electrons. The van der Waals surface area contributed by atoms with Gasteiger partial charge in [0, 0.05) is 19.9 Å². The van der Waals surface area contributed by atoms with E-state index >= 15 is 0 Å². The van der Waals surface area contributed by atoms with Crippen LogP contribution in [0.3, 0.4) is 0 Å². The molecule has 4 nitrogen and oxygen atoms in total. The Hall–Kier alpha value is -1.84. The number of amides is 1. The SMILES string of the molecule is CNC(=O)CCCC(=O)c1ccccc1OC. The number of hydrogen-bond acceptors (Lipinski definition) is 3. The molecular weight excluding hydrogens is 218 g/mol. The first-order chi connectivity index (χ1) is 8.19. The topological polar surface area (TPSA) is 55.4 Å². The fourth-order valence-corrected chi connectivity index (χ4v) is 1.54. The molecule has 0 aliphatic carbocycles. The normalized spacial score (nSPS) is 9.76. The molecule has 0 bridgehead atoms. The molecule has 0 unspecified atom stereocenters. The predicted molar refractivity (Wildman–Crippen MR) is 65.2 cm³/mol. The lowest BCUT2D eigenvalue weighted by molar-refractivity contribution is -0.120. The van der Waals surface area contributed by atoms with E-state index in [1.807, 2.05) is 6.07 Å². The molecule has 92 valence electrons. The van der Waals surface area contributed by atoms with E-state index in [-0.39, 0.29) is 11.7 Å². The largest absolute Gasteiger partial charge is 0.496 e. The molecule has 1 N–H and O–H groups in total. The zero-order valence-corrected chi connectivity index (χ0v) is 10.2. The number of ketones is 1. The van der Waals surface area contributed by atoms with Gasteiger partial charge in [0.25, 0.3) is 0 Å². The van der Waals surface area contributed by atoms with Crippen LogP contribution in [0, 0.1) is 0 Å². The van der Waals surface area contributed by atoms with E-state index in [1.54, 1.807) is 25.2 Å². The lowest BCUT2D eigenvalue weighted by Gasteiger charge is -2.06.